The van der Waals surface area contributed by atoms with E-state index in [1.54, 1.807) is 7.11 Å². The van der Waals surface area contributed by atoms with E-state index in [2.05, 4.69) is 23.3 Å². The van der Waals surface area contributed by atoms with Crippen molar-refractivity contribution in [2.24, 2.45) is 0 Å². The van der Waals surface area contributed by atoms with Gasteiger partial charge in [0.1, 0.15) is 11.6 Å². The molecule has 106 valence electrons. The smallest absolute Gasteiger partial charge is 0.134 e. The minimum atomic E-state index is 0.316. The Labute approximate surface area is 119 Å². The summed E-state index contributed by atoms with van der Waals surface area (Å²) in [5.74, 6) is 1.82. The number of hydrogen-bond acceptors (Lipinski definition) is 4. The second kappa shape index (κ2) is 5.67. The Hall–Kier alpha value is -1.81. The molecule has 4 heteroatoms. The summed E-state index contributed by atoms with van der Waals surface area (Å²) in [5, 5.41) is 5.83. The Balaban J connectivity index is 1.87. The highest BCUT2D eigenvalue weighted by Crippen LogP contribution is 2.27. The predicted octanol–water partition coefficient (Wildman–Crippen LogP) is 3.22. The van der Waals surface area contributed by atoms with Crippen molar-refractivity contribution in [1.82, 2.24) is 4.98 Å². The maximum absolute atomic E-state index is 5.59. The number of rotatable bonds is 3. The van der Waals surface area contributed by atoms with E-state index in [1.165, 1.54) is 0 Å². The minimum Gasteiger partial charge on any atom is -0.497 e. The van der Waals surface area contributed by atoms with Gasteiger partial charge in [-0.2, -0.15) is 0 Å². The summed E-state index contributed by atoms with van der Waals surface area (Å²) in [6, 6.07) is 8.51. The average Bonchev–Trinajstić information content (AvgIpc) is 2.47. The fourth-order valence-electron chi connectivity index (χ4n) is 2.72. The lowest BCUT2D eigenvalue weighted by Crippen LogP contribution is -2.32. The van der Waals surface area contributed by atoms with Gasteiger partial charge in [0.25, 0.3) is 0 Å². The van der Waals surface area contributed by atoms with Gasteiger partial charge in [0, 0.05) is 24.2 Å². The Kier molecular flexibility index (Phi) is 3.74. The molecule has 0 aliphatic carbocycles. The Bertz CT molecular complexity index is 600. The molecule has 1 fully saturated rings. The summed E-state index contributed by atoms with van der Waals surface area (Å²) < 4.78 is 10.9. The molecule has 3 rings (SSSR count). The summed E-state index contributed by atoms with van der Waals surface area (Å²) >= 11 is 0. The molecule has 0 amide bonds. The first-order chi connectivity index (χ1) is 9.76. The molecule has 1 aliphatic heterocycles. The van der Waals surface area contributed by atoms with Crippen molar-refractivity contribution in [3.63, 3.8) is 0 Å². The van der Waals surface area contributed by atoms with Gasteiger partial charge in [0.05, 0.1) is 13.2 Å². The second-order valence-corrected chi connectivity index (χ2v) is 5.29. The van der Waals surface area contributed by atoms with Crippen LogP contribution >= 0.6 is 0 Å². The van der Waals surface area contributed by atoms with Gasteiger partial charge >= 0.3 is 0 Å². The predicted molar refractivity (Wildman–Crippen MR) is 80.4 cm³/mol. The van der Waals surface area contributed by atoms with Crippen molar-refractivity contribution in [3.8, 4) is 5.75 Å². The summed E-state index contributed by atoms with van der Waals surface area (Å²) in [5.41, 5.74) is 0. The van der Waals surface area contributed by atoms with Crippen LogP contribution in [0.2, 0.25) is 0 Å². The molecule has 20 heavy (non-hydrogen) atoms. The molecule has 0 radical (unpaired) electrons. The first-order valence-corrected chi connectivity index (χ1v) is 7.07. The highest BCUT2D eigenvalue weighted by atomic mass is 16.5. The van der Waals surface area contributed by atoms with Crippen molar-refractivity contribution in [2.45, 2.75) is 31.9 Å². The van der Waals surface area contributed by atoms with Crippen LogP contribution in [0.3, 0.4) is 0 Å². The van der Waals surface area contributed by atoms with E-state index in [0.717, 1.165) is 41.8 Å². The first kappa shape index (κ1) is 13.2. The number of aromatic nitrogens is 1. The number of nitrogens with one attached hydrogen (secondary N) is 1. The highest BCUT2D eigenvalue weighted by molar-refractivity contribution is 5.92. The van der Waals surface area contributed by atoms with Gasteiger partial charge in [-0.25, -0.2) is 4.98 Å². The normalized spacial score (nSPS) is 22.7. The number of methoxy groups -OCH3 is 1. The van der Waals surface area contributed by atoms with E-state index in [9.17, 15) is 0 Å². The molecule has 1 aliphatic rings. The SMILES string of the molecule is COc1ccc2c(NC3CCOC(C)C3)nccc2c1. The average molecular weight is 272 g/mol. The van der Waals surface area contributed by atoms with Gasteiger partial charge in [-0.3, -0.25) is 0 Å². The molecular formula is C16H20N2O2. The zero-order valence-electron chi connectivity index (χ0n) is 11.9. The van der Waals surface area contributed by atoms with Crippen LogP contribution in [0, 0.1) is 0 Å². The number of benzene rings is 1. The van der Waals surface area contributed by atoms with Crippen LogP contribution < -0.4 is 10.1 Å². The molecule has 0 spiro atoms. The summed E-state index contributed by atoms with van der Waals surface area (Å²) in [7, 11) is 1.69. The van der Waals surface area contributed by atoms with Crippen LogP contribution in [-0.2, 0) is 4.74 Å². The highest BCUT2D eigenvalue weighted by Gasteiger charge is 2.20. The van der Waals surface area contributed by atoms with Crippen LogP contribution in [0.25, 0.3) is 10.8 Å². The van der Waals surface area contributed by atoms with E-state index in [4.69, 9.17) is 9.47 Å². The molecule has 1 aromatic heterocycles. The van der Waals surface area contributed by atoms with E-state index >= 15 is 0 Å². The number of pyridine rings is 1. The third-order valence-corrected chi connectivity index (χ3v) is 3.80. The molecule has 0 bridgehead atoms. The molecule has 0 saturated carbocycles. The maximum Gasteiger partial charge on any atom is 0.134 e. The number of fused-ring (bicyclic) bond motifs is 1. The fraction of sp³-hybridized carbons (Fsp3) is 0.438. The van der Waals surface area contributed by atoms with Crippen molar-refractivity contribution in [2.75, 3.05) is 19.0 Å². The van der Waals surface area contributed by atoms with Crippen LogP contribution in [0.5, 0.6) is 5.75 Å². The third kappa shape index (κ3) is 2.70. The molecule has 2 unspecified atom stereocenters. The van der Waals surface area contributed by atoms with E-state index in [0.29, 0.717) is 12.1 Å². The van der Waals surface area contributed by atoms with Crippen LogP contribution in [0.15, 0.2) is 30.5 Å². The van der Waals surface area contributed by atoms with Crippen LogP contribution in [0.4, 0.5) is 5.82 Å². The zero-order valence-corrected chi connectivity index (χ0v) is 11.9. The maximum atomic E-state index is 5.59. The number of nitrogens with zero attached hydrogens (tertiary/aromatic N) is 1. The molecule has 1 N–H and O–H groups in total. The minimum absolute atomic E-state index is 0.316. The molecule has 4 nitrogen and oxygen atoms in total. The molecule has 2 heterocycles. The summed E-state index contributed by atoms with van der Waals surface area (Å²) in [6.07, 6.45) is 4.20. The zero-order chi connectivity index (χ0) is 13.9. The number of anilines is 1. The van der Waals surface area contributed by atoms with Gasteiger partial charge < -0.3 is 14.8 Å². The van der Waals surface area contributed by atoms with Gasteiger partial charge in [-0.05, 0) is 49.4 Å². The summed E-state index contributed by atoms with van der Waals surface area (Å²) in [6.45, 7) is 2.94. The standard InChI is InChI=1S/C16H20N2O2/c1-11-9-13(6-8-20-11)18-16-15-4-3-14(19-2)10-12(15)5-7-17-16/h3-5,7,10-11,13H,6,8-9H2,1-2H3,(H,17,18). The van der Waals surface area contributed by atoms with Crippen molar-refractivity contribution in [3.05, 3.63) is 30.5 Å². The van der Waals surface area contributed by atoms with Crippen LogP contribution in [0.1, 0.15) is 19.8 Å². The van der Waals surface area contributed by atoms with Gasteiger partial charge in [-0.1, -0.05) is 0 Å². The first-order valence-electron chi connectivity index (χ1n) is 7.07. The molecular weight excluding hydrogens is 252 g/mol. The topological polar surface area (TPSA) is 43.4 Å². The van der Waals surface area contributed by atoms with Crippen molar-refractivity contribution >= 4 is 16.6 Å². The molecule has 2 atom stereocenters. The monoisotopic (exact) mass is 272 g/mol. The van der Waals surface area contributed by atoms with E-state index < -0.39 is 0 Å². The largest absolute Gasteiger partial charge is 0.497 e. The fourth-order valence-corrected chi connectivity index (χ4v) is 2.72. The van der Waals surface area contributed by atoms with Gasteiger partial charge in [-0.15, -0.1) is 0 Å². The van der Waals surface area contributed by atoms with Crippen molar-refractivity contribution < 1.29 is 9.47 Å². The quantitative estimate of drug-likeness (QED) is 0.931. The van der Waals surface area contributed by atoms with E-state index in [-0.39, 0.29) is 0 Å². The van der Waals surface area contributed by atoms with Gasteiger partial charge in [0.15, 0.2) is 0 Å². The second-order valence-electron chi connectivity index (χ2n) is 5.29. The third-order valence-electron chi connectivity index (χ3n) is 3.80. The van der Waals surface area contributed by atoms with Crippen molar-refractivity contribution in [1.29, 1.82) is 0 Å². The molecule has 2 aromatic rings. The van der Waals surface area contributed by atoms with Crippen LogP contribution in [-0.4, -0.2) is 30.8 Å². The van der Waals surface area contributed by atoms with E-state index in [1.807, 2.05) is 24.4 Å². The Morgan fingerprint density at radius 3 is 3.05 bits per heavy atom. The number of hydrogen-bond donors (Lipinski definition) is 1. The molecule has 1 saturated heterocycles. The molecule has 1 aromatic carbocycles. The lowest BCUT2D eigenvalue weighted by atomic mass is 10.0. The Morgan fingerprint density at radius 2 is 2.25 bits per heavy atom. The lowest BCUT2D eigenvalue weighted by Gasteiger charge is -2.28. The number of ether oxygens (including phenoxy) is 2. The Morgan fingerprint density at radius 1 is 1.35 bits per heavy atom. The lowest BCUT2D eigenvalue weighted by molar-refractivity contribution is 0.0232. The summed E-state index contributed by atoms with van der Waals surface area (Å²) in [4.78, 5) is 4.49. The van der Waals surface area contributed by atoms with Gasteiger partial charge in [0.2, 0.25) is 0 Å².